The third-order valence-electron chi connectivity index (χ3n) is 4.47. The van der Waals surface area contributed by atoms with E-state index in [0.717, 1.165) is 38.4 Å². The van der Waals surface area contributed by atoms with E-state index < -0.39 is 0 Å². The molecule has 0 aliphatic heterocycles. The first kappa shape index (κ1) is 16.4. The molecule has 0 saturated heterocycles. The molecule has 0 saturated carbocycles. The molecule has 0 radical (unpaired) electrons. The van der Waals surface area contributed by atoms with Crippen LogP contribution in [0.4, 0.5) is 0 Å². The molecule has 3 aromatic rings. The normalized spacial score (nSPS) is 14.1. The van der Waals surface area contributed by atoms with E-state index in [1.165, 1.54) is 28.8 Å². The van der Waals surface area contributed by atoms with Crippen molar-refractivity contribution in [1.82, 2.24) is 9.55 Å². The zero-order valence-electron chi connectivity index (χ0n) is 13.3. The lowest BCUT2D eigenvalue weighted by molar-refractivity contribution is 0.695. The Labute approximate surface area is 157 Å². The predicted octanol–water partition coefficient (Wildman–Crippen LogP) is 4.93. The van der Waals surface area contributed by atoms with Gasteiger partial charge in [-0.05, 0) is 42.9 Å². The van der Waals surface area contributed by atoms with Gasteiger partial charge in [-0.1, -0.05) is 45.9 Å². The molecule has 0 spiro atoms. The van der Waals surface area contributed by atoms with Crippen LogP contribution in [0.15, 0.2) is 38.7 Å². The molecule has 0 unspecified atom stereocenters. The van der Waals surface area contributed by atoms with Crippen LogP contribution in [0.25, 0.3) is 10.2 Å². The average Bonchev–Trinajstić information content (AvgIpc) is 2.96. The van der Waals surface area contributed by atoms with Crippen molar-refractivity contribution in [3.63, 3.8) is 0 Å². The molecule has 0 fully saturated rings. The highest BCUT2D eigenvalue weighted by atomic mass is 79.9. The van der Waals surface area contributed by atoms with Gasteiger partial charge in [-0.3, -0.25) is 9.36 Å². The van der Waals surface area contributed by atoms with Crippen molar-refractivity contribution in [2.75, 3.05) is 0 Å². The van der Waals surface area contributed by atoms with Gasteiger partial charge >= 0.3 is 0 Å². The van der Waals surface area contributed by atoms with Crippen LogP contribution in [0.2, 0.25) is 0 Å². The van der Waals surface area contributed by atoms with E-state index in [1.54, 1.807) is 27.7 Å². The number of fused-ring (bicyclic) bond motifs is 3. The van der Waals surface area contributed by atoms with Gasteiger partial charge in [0.05, 0.1) is 5.39 Å². The molecule has 0 bridgehead atoms. The van der Waals surface area contributed by atoms with Gasteiger partial charge in [0.25, 0.3) is 5.56 Å². The van der Waals surface area contributed by atoms with Crippen LogP contribution < -0.4 is 5.56 Å². The van der Waals surface area contributed by atoms with E-state index in [2.05, 4.69) is 22.0 Å². The van der Waals surface area contributed by atoms with Crippen LogP contribution in [0.5, 0.6) is 0 Å². The molecule has 4 rings (SSSR count). The third-order valence-corrected chi connectivity index (χ3v) is 7.51. The van der Waals surface area contributed by atoms with Crippen LogP contribution in [-0.4, -0.2) is 9.55 Å². The van der Waals surface area contributed by atoms with E-state index >= 15 is 0 Å². The summed E-state index contributed by atoms with van der Waals surface area (Å²) in [5.74, 6) is 0.790. The first-order valence-electron chi connectivity index (χ1n) is 8.02. The highest BCUT2D eigenvalue weighted by Gasteiger charge is 2.21. The van der Waals surface area contributed by atoms with Crippen LogP contribution in [0.3, 0.4) is 0 Å². The second kappa shape index (κ2) is 6.65. The molecule has 3 nitrogen and oxygen atoms in total. The van der Waals surface area contributed by atoms with Crippen LogP contribution in [-0.2, 0) is 25.6 Å². The topological polar surface area (TPSA) is 34.9 Å². The Kier molecular flexibility index (Phi) is 4.54. The van der Waals surface area contributed by atoms with E-state index in [-0.39, 0.29) is 5.56 Å². The molecule has 2 heterocycles. The Morgan fingerprint density at radius 2 is 2.08 bits per heavy atom. The summed E-state index contributed by atoms with van der Waals surface area (Å²) in [4.78, 5) is 20.0. The molecule has 2 aromatic heterocycles. The summed E-state index contributed by atoms with van der Waals surface area (Å²) in [5.41, 5.74) is 2.58. The van der Waals surface area contributed by atoms with Crippen LogP contribution in [0, 0.1) is 0 Å². The molecule has 1 aliphatic carbocycles. The second-order valence-corrected chi connectivity index (χ2v) is 8.91. The largest absolute Gasteiger partial charge is 0.290 e. The predicted molar refractivity (Wildman–Crippen MR) is 105 cm³/mol. The van der Waals surface area contributed by atoms with Gasteiger partial charge in [0.15, 0.2) is 5.16 Å². The summed E-state index contributed by atoms with van der Waals surface area (Å²) in [7, 11) is 1.84. The lowest BCUT2D eigenvalue weighted by atomic mass is 9.97. The summed E-state index contributed by atoms with van der Waals surface area (Å²) in [6, 6.07) is 8.18. The Morgan fingerprint density at radius 1 is 1.29 bits per heavy atom. The highest BCUT2D eigenvalue weighted by molar-refractivity contribution is 9.10. The van der Waals surface area contributed by atoms with Crippen molar-refractivity contribution >= 4 is 49.2 Å². The Bertz CT molecular complexity index is 977. The maximum absolute atomic E-state index is 12.9. The minimum Gasteiger partial charge on any atom is -0.290 e. The van der Waals surface area contributed by atoms with Gasteiger partial charge in [-0.15, -0.1) is 11.3 Å². The zero-order valence-corrected chi connectivity index (χ0v) is 16.6. The maximum atomic E-state index is 12.9. The SMILES string of the molecule is Cn1c(SCc2ccccc2Br)nc2sc3c(c2c1=O)CCCC3. The second-order valence-electron chi connectivity index (χ2n) is 6.03. The number of rotatable bonds is 3. The van der Waals surface area contributed by atoms with Crippen molar-refractivity contribution in [3.8, 4) is 0 Å². The summed E-state index contributed by atoms with van der Waals surface area (Å²) >= 11 is 6.91. The number of thioether (sulfide) groups is 1. The fraction of sp³-hybridized carbons (Fsp3) is 0.333. The van der Waals surface area contributed by atoms with E-state index in [0.29, 0.717) is 0 Å². The number of hydrogen-bond acceptors (Lipinski definition) is 4. The molecule has 1 aliphatic rings. The standard InChI is InChI=1S/C18H17BrN2OS2/c1-21-17(22)15-12-7-3-5-9-14(12)24-16(15)20-18(21)23-10-11-6-2-4-8-13(11)19/h2,4,6,8H,3,5,7,9-10H2,1H3. The smallest absolute Gasteiger partial charge is 0.262 e. The summed E-state index contributed by atoms with van der Waals surface area (Å²) in [6.45, 7) is 0. The van der Waals surface area contributed by atoms with Gasteiger partial charge in [0.1, 0.15) is 4.83 Å². The Hall–Kier alpha value is -1.11. The van der Waals surface area contributed by atoms with Gasteiger partial charge in [-0.25, -0.2) is 4.98 Å². The molecular weight excluding hydrogens is 404 g/mol. The molecular formula is C18H17BrN2OS2. The molecule has 124 valence electrons. The van der Waals surface area contributed by atoms with E-state index in [1.807, 2.05) is 25.2 Å². The molecule has 0 N–H and O–H groups in total. The van der Waals surface area contributed by atoms with Crippen LogP contribution >= 0.6 is 39.0 Å². The number of nitrogens with zero attached hydrogens (tertiary/aromatic N) is 2. The van der Waals surface area contributed by atoms with Crippen LogP contribution in [0.1, 0.15) is 28.8 Å². The fourth-order valence-corrected chi connectivity index (χ4v) is 6.04. The van der Waals surface area contributed by atoms with Crippen molar-refractivity contribution < 1.29 is 0 Å². The quantitative estimate of drug-likeness (QED) is 0.444. The number of hydrogen-bond donors (Lipinski definition) is 0. The van der Waals surface area contributed by atoms with Gasteiger partial charge in [0.2, 0.25) is 0 Å². The molecule has 0 amide bonds. The number of benzene rings is 1. The van der Waals surface area contributed by atoms with Crippen molar-refractivity contribution in [3.05, 3.63) is 55.1 Å². The first-order chi connectivity index (χ1) is 11.6. The lowest BCUT2D eigenvalue weighted by Crippen LogP contribution is -2.20. The third kappa shape index (κ3) is 2.85. The maximum Gasteiger partial charge on any atom is 0.262 e. The summed E-state index contributed by atoms with van der Waals surface area (Å²) in [5, 5.41) is 1.66. The first-order valence-corrected chi connectivity index (χ1v) is 10.6. The van der Waals surface area contributed by atoms with E-state index in [4.69, 9.17) is 4.98 Å². The minimum absolute atomic E-state index is 0.106. The minimum atomic E-state index is 0.106. The molecule has 6 heteroatoms. The number of aryl methyl sites for hydroxylation is 2. The highest BCUT2D eigenvalue weighted by Crippen LogP contribution is 2.35. The van der Waals surface area contributed by atoms with Crippen molar-refractivity contribution in [2.45, 2.75) is 36.6 Å². The Morgan fingerprint density at radius 3 is 2.92 bits per heavy atom. The average molecular weight is 421 g/mol. The van der Waals surface area contributed by atoms with Crippen molar-refractivity contribution in [2.24, 2.45) is 7.05 Å². The van der Waals surface area contributed by atoms with Gasteiger partial charge in [-0.2, -0.15) is 0 Å². The monoisotopic (exact) mass is 420 g/mol. The number of thiophene rings is 1. The molecule has 0 atom stereocenters. The fourth-order valence-electron chi connectivity index (χ4n) is 3.15. The van der Waals surface area contributed by atoms with Crippen molar-refractivity contribution in [1.29, 1.82) is 0 Å². The molecule has 24 heavy (non-hydrogen) atoms. The summed E-state index contributed by atoms with van der Waals surface area (Å²) < 4.78 is 2.81. The molecule has 1 aromatic carbocycles. The summed E-state index contributed by atoms with van der Waals surface area (Å²) in [6.07, 6.45) is 4.53. The lowest BCUT2D eigenvalue weighted by Gasteiger charge is -2.11. The van der Waals surface area contributed by atoms with Gasteiger partial charge < -0.3 is 0 Å². The van der Waals surface area contributed by atoms with E-state index in [9.17, 15) is 4.79 Å². The Balaban J connectivity index is 1.73. The number of aromatic nitrogens is 2. The zero-order chi connectivity index (χ0) is 16.7. The van der Waals surface area contributed by atoms with Gasteiger partial charge in [0, 0.05) is 22.2 Å². The number of halogens is 1.